The molecule has 16 heavy (non-hydrogen) atoms. The molecule has 0 radical (unpaired) electrons. The molecule has 0 atom stereocenters. The molecule has 0 saturated heterocycles. The fraction of sp³-hybridized carbons (Fsp3) is 0.818. The van der Waals surface area contributed by atoms with E-state index in [0.29, 0.717) is 19.5 Å². The number of rotatable bonds is 7. The van der Waals surface area contributed by atoms with Gasteiger partial charge in [-0.1, -0.05) is 0 Å². The molecule has 0 unspecified atom stereocenters. The highest BCUT2D eigenvalue weighted by atomic mass is 16.2. The second kappa shape index (κ2) is 8.10. The molecule has 94 valence electrons. The third-order valence-corrected chi connectivity index (χ3v) is 1.98. The predicted octanol–water partition coefficient (Wildman–Crippen LogP) is -0.0310. The van der Waals surface area contributed by atoms with Crippen molar-refractivity contribution in [1.82, 2.24) is 15.5 Å². The summed E-state index contributed by atoms with van der Waals surface area (Å²) in [6, 6.07) is 0.171. The molecule has 0 aliphatic rings. The monoisotopic (exact) mass is 229 g/mol. The molecule has 0 spiro atoms. The Balaban J connectivity index is 3.40. The lowest BCUT2D eigenvalue weighted by molar-refractivity contribution is -0.128. The SMILES string of the molecule is CC(C)NC(=O)CNCCCC(=O)N(C)C. The Hall–Kier alpha value is -1.10. The van der Waals surface area contributed by atoms with E-state index in [9.17, 15) is 9.59 Å². The fourth-order valence-electron chi connectivity index (χ4n) is 1.16. The third kappa shape index (κ3) is 8.23. The van der Waals surface area contributed by atoms with E-state index < -0.39 is 0 Å². The number of nitrogens with zero attached hydrogens (tertiary/aromatic N) is 1. The number of carbonyl (C=O) groups excluding carboxylic acids is 2. The molecule has 0 aromatic heterocycles. The quantitative estimate of drug-likeness (QED) is 0.603. The Morgan fingerprint density at radius 2 is 1.88 bits per heavy atom. The van der Waals surface area contributed by atoms with E-state index in [1.165, 1.54) is 0 Å². The van der Waals surface area contributed by atoms with Gasteiger partial charge in [0.25, 0.3) is 0 Å². The molecule has 0 aliphatic heterocycles. The number of hydrogen-bond donors (Lipinski definition) is 2. The molecule has 0 aromatic rings. The van der Waals surface area contributed by atoms with Crippen molar-refractivity contribution in [1.29, 1.82) is 0 Å². The highest BCUT2D eigenvalue weighted by molar-refractivity contribution is 5.78. The van der Waals surface area contributed by atoms with Gasteiger partial charge in [-0.15, -0.1) is 0 Å². The molecule has 5 heteroatoms. The smallest absolute Gasteiger partial charge is 0.234 e. The Kier molecular flexibility index (Phi) is 7.54. The summed E-state index contributed by atoms with van der Waals surface area (Å²) in [6.45, 7) is 4.85. The molecular formula is C11H23N3O2. The van der Waals surface area contributed by atoms with Crippen LogP contribution < -0.4 is 10.6 Å². The first-order valence-electron chi connectivity index (χ1n) is 5.63. The summed E-state index contributed by atoms with van der Waals surface area (Å²) in [5.74, 6) is 0.113. The van der Waals surface area contributed by atoms with E-state index in [-0.39, 0.29) is 17.9 Å². The first-order chi connectivity index (χ1) is 7.43. The molecule has 5 nitrogen and oxygen atoms in total. The van der Waals surface area contributed by atoms with Crippen molar-refractivity contribution >= 4 is 11.8 Å². The molecule has 2 amide bonds. The van der Waals surface area contributed by atoms with Crippen LogP contribution in [0.2, 0.25) is 0 Å². The third-order valence-electron chi connectivity index (χ3n) is 1.98. The van der Waals surface area contributed by atoms with Gasteiger partial charge in [0, 0.05) is 26.6 Å². The molecule has 0 bridgehead atoms. The lowest BCUT2D eigenvalue weighted by atomic mass is 10.3. The van der Waals surface area contributed by atoms with Crippen molar-refractivity contribution in [2.75, 3.05) is 27.2 Å². The van der Waals surface area contributed by atoms with Crippen molar-refractivity contribution in [2.45, 2.75) is 32.7 Å². The summed E-state index contributed by atoms with van der Waals surface area (Å²) < 4.78 is 0. The molecule has 2 N–H and O–H groups in total. The average Bonchev–Trinajstić information content (AvgIpc) is 2.15. The van der Waals surface area contributed by atoms with Crippen LogP contribution in [-0.4, -0.2) is 49.9 Å². The van der Waals surface area contributed by atoms with Crippen molar-refractivity contribution in [3.63, 3.8) is 0 Å². The van der Waals surface area contributed by atoms with Gasteiger partial charge in [0.1, 0.15) is 0 Å². The largest absolute Gasteiger partial charge is 0.353 e. The van der Waals surface area contributed by atoms with Gasteiger partial charge in [0.2, 0.25) is 11.8 Å². The van der Waals surface area contributed by atoms with Gasteiger partial charge in [-0.2, -0.15) is 0 Å². The number of hydrogen-bond acceptors (Lipinski definition) is 3. The van der Waals surface area contributed by atoms with Crippen LogP contribution in [0.5, 0.6) is 0 Å². The van der Waals surface area contributed by atoms with Crippen molar-refractivity contribution in [3.8, 4) is 0 Å². The number of nitrogens with one attached hydrogen (secondary N) is 2. The van der Waals surface area contributed by atoms with E-state index in [2.05, 4.69) is 10.6 Å². The second-order valence-electron chi connectivity index (χ2n) is 4.29. The van der Waals surface area contributed by atoms with Crippen LogP contribution in [-0.2, 0) is 9.59 Å². The van der Waals surface area contributed by atoms with Crippen LogP contribution in [0.25, 0.3) is 0 Å². The molecule has 0 heterocycles. The topological polar surface area (TPSA) is 61.4 Å². The Bertz CT molecular complexity index is 227. The van der Waals surface area contributed by atoms with E-state index in [0.717, 1.165) is 6.42 Å². The standard InChI is InChI=1S/C11H23N3O2/c1-9(2)13-10(15)8-12-7-5-6-11(16)14(3)4/h9,12H,5-8H2,1-4H3,(H,13,15). The van der Waals surface area contributed by atoms with Crippen LogP contribution in [0.3, 0.4) is 0 Å². The summed E-state index contributed by atoms with van der Waals surface area (Å²) >= 11 is 0. The summed E-state index contributed by atoms with van der Waals surface area (Å²) in [7, 11) is 3.48. The number of amides is 2. The van der Waals surface area contributed by atoms with E-state index in [4.69, 9.17) is 0 Å². The van der Waals surface area contributed by atoms with Gasteiger partial charge >= 0.3 is 0 Å². The van der Waals surface area contributed by atoms with Crippen LogP contribution in [0, 0.1) is 0 Å². The first-order valence-corrected chi connectivity index (χ1v) is 5.63. The van der Waals surface area contributed by atoms with Crippen LogP contribution >= 0.6 is 0 Å². The van der Waals surface area contributed by atoms with Gasteiger partial charge in [0.05, 0.1) is 6.54 Å². The lowest BCUT2D eigenvalue weighted by Gasteiger charge is -2.11. The zero-order valence-electron chi connectivity index (χ0n) is 10.7. The zero-order valence-corrected chi connectivity index (χ0v) is 10.7. The van der Waals surface area contributed by atoms with Crippen molar-refractivity contribution < 1.29 is 9.59 Å². The predicted molar refractivity (Wildman–Crippen MR) is 64.1 cm³/mol. The fourth-order valence-corrected chi connectivity index (χ4v) is 1.16. The zero-order chi connectivity index (χ0) is 12.6. The van der Waals surface area contributed by atoms with Crippen LogP contribution in [0.15, 0.2) is 0 Å². The van der Waals surface area contributed by atoms with E-state index in [1.807, 2.05) is 13.8 Å². The highest BCUT2D eigenvalue weighted by Crippen LogP contribution is 1.91. The van der Waals surface area contributed by atoms with Gasteiger partial charge < -0.3 is 15.5 Å². The molecule has 0 aliphatic carbocycles. The first kappa shape index (κ1) is 14.9. The normalized spacial score (nSPS) is 10.3. The molecule has 0 aromatic carbocycles. The van der Waals surface area contributed by atoms with Gasteiger partial charge in [0.15, 0.2) is 0 Å². The minimum atomic E-state index is -0.00561. The average molecular weight is 229 g/mol. The van der Waals surface area contributed by atoms with E-state index >= 15 is 0 Å². The van der Waals surface area contributed by atoms with Crippen molar-refractivity contribution in [2.24, 2.45) is 0 Å². The van der Waals surface area contributed by atoms with Gasteiger partial charge in [-0.25, -0.2) is 0 Å². The maximum atomic E-state index is 11.2. The molecular weight excluding hydrogens is 206 g/mol. The maximum absolute atomic E-state index is 11.2. The minimum Gasteiger partial charge on any atom is -0.353 e. The van der Waals surface area contributed by atoms with E-state index in [1.54, 1.807) is 19.0 Å². The molecule has 0 fully saturated rings. The Labute approximate surface area is 97.6 Å². The summed E-state index contributed by atoms with van der Waals surface area (Å²) in [4.78, 5) is 24.0. The lowest BCUT2D eigenvalue weighted by Crippen LogP contribution is -2.38. The second-order valence-corrected chi connectivity index (χ2v) is 4.29. The highest BCUT2D eigenvalue weighted by Gasteiger charge is 2.04. The van der Waals surface area contributed by atoms with Crippen LogP contribution in [0.4, 0.5) is 0 Å². The summed E-state index contributed by atoms with van der Waals surface area (Å²) in [6.07, 6.45) is 1.28. The van der Waals surface area contributed by atoms with Gasteiger partial charge in [-0.05, 0) is 26.8 Å². The Morgan fingerprint density at radius 1 is 1.25 bits per heavy atom. The Morgan fingerprint density at radius 3 is 2.38 bits per heavy atom. The van der Waals surface area contributed by atoms with Crippen molar-refractivity contribution in [3.05, 3.63) is 0 Å². The summed E-state index contributed by atoms with van der Waals surface area (Å²) in [5, 5.41) is 5.79. The van der Waals surface area contributed by atoms with Crippen LogP contribution in [0.1, 0.15) is 26.7 Å². The summed E-state index contributed by atoms with van der Waals surface area (Å²) in [5.41, 5.74) is 0. The maximum Gasteiger partial charge on any atom is 0.234 e. The molecule has 0 saturated carbocycles. The van der Waals surface area contributed by atoms with Gasteiger partial charge in [-0.3, -0.25) is 9.59 Å². The number of carbonyl (C=O) groups is 2. The molecule has 0 rings (SSSR count). The minimum absolute atomic E-state index is 0.00561.